The van der Waals surface area contributed by atoms with Crippen molar-refractivity contribution in [3.8, 4) is 0 Å². The summed E-state index contributed by atoms with van der Waals surface area (Å²) in [7, 11) is -2.32. The quantitative estimate of drug-likeness (QED) is 0.815. The number of rotatable bonds is 3. The Morgan fingerprint density at radius 1 is 1.47 bits per heavy atom. The molecule has 2 heterocycles. The van der Waals surface area contributed by atoms with Crippen LogP contribution in [0.4, 0.5) is 0 Å². The molecule has 19 heavy (non-hydrogen) atoms. The minimum Gasteiger partial charge on any atom is -0.481 e. The van der Waals surface area contributed by atoms with Gasteiger partial charge in [-0.05, 0) is 21.8 Å². The Hall–Kier alpha value is -1.00. The number of aryl methyl sites for hydroxylation is 1. The third-order valence-electron chi connectivity index (χ3n) is 3.22. The van der Waals surface area contributed by atoms with Crippen molar-refractivity contribution in [2.45, 2.75) is 11.9 Å². The summed E-state index contributed by atoms with van der Waals surface area (Å²) in [5, 5.41) is 16.2. The molecule has 1 aromatic heterocycles. The molecule has 10 heteroatoms. The predicted octanol–water partition coefficient (Wildman–Crippen LogP) is -0.0812. The Bertz CT molecular complexity index is 594. The van der Waals surface area contributed by atoms with Crippen molar-refractivity contribution < 1.29 is 18.3 Å². The summed E-state index contributed by atoms with van der Waals surface area (Å²) >= 11 is 3.04. The molecule has 1 aliphatic heterocycles. The molecule has 0 bridgehead atoms. The Morgan fingerprint density at radius 3 is 2.53 bits per heavy atom. The van der Waals surface area contributed by atoms with E-state index >= 15 is 0 Å². The number of carbonyl (C=O) groups is 1. The molecule has 1 fully saturated rings. The normalized spacial score (nSPS) is 24.8. The van der Waals surface area contributed by atoms with E-state index in [4.69, 9.17) is 5.11 Å². The molecule has 8 nitrogen and oxygen atoms in total. The van der Waals surface area contributed by atoms with Crippen molar-refractivity contribution in [1.29, 1.82) is 0 Å². The van der Waals surface area contributed by atoms with Crippen LogP contribution in [0, 0.1) is 11.8 Å². The van der Waals surface area contributed by atoms with E-state index in [-0.39, 0.29) is 28.6 Å². The van der Waals surface area contributed by atoms with Gasteiger partial charge in [-0.2, -0.15) is 4.31 Å². The van der Waals surface area contributed by atoms with Crippen LogP contribution in [0.5, 0.6) is 0 Å². The highest BCUT2D eigenvalue weighted by Crippen LogP contribution is 2.30. The fourth-order valence-corrected chi connectivity index (χ4v) is 4.76. The maximum Gasteiger partial charge on any atom is 0.308 e. The van der Waals surface area contributed by atoms with Gasteiger partial charge in [-0.1, -0.05) is 12.1 Å². The molecule has 1 aliphatic rings. The summed E-state index contributed by atoms with van der Waals surface area (Å²) in [6.07, 6.45) is 0. The van der Waals surface area contributed by atoms with Gasteiger partial charge in [0.2, 0.25) is 5.03 Å². The summed E-state index contributed by atoms with van der Waals surface area (Å²) in [5.41, 5.74) is 0. The fraction of sp³-hybridized carbons (Fsp3) is 0.667. The van der Waals surface area contributed by atoms with E-state index in [0.29, 0.717) is 0 Å². The largest absolute Gasteiger partial charge is 0.481 e. The van der Waals surface area contributed by atoms with Gasteiger partial charge in [0.05, 0.1) is 5.92 Å². The second-order valence-corrected chi connectivity index (χ2v) is 7.16. The Kier molecular flexibility index (Phi) is 3.67. The van der Waals surface area contributed by atoms with Gasteiger partial charge in [0.15, 0.2) is 4.60 Å². The Labute approximate surface area is 118 Å². The Balaban J connectivity index is 2.35. The summed E-state index contributed by atoms with van der Waals surface area (Å²) in [6.45, 7) is 1.87. The van der Waals surface area contributed by atoms with Gasteiger partial charge in [0.1, 0.15) is 0 Å². The van der Waals surface area contributed by atoms with Crippen LogP contribution in [0.1, 0.15) is 6.92 Å². The third kappa shape index (κ3) is 2.39. The molecule has 1 aromatic rings. The van der Waals surface area contributed by atoms with Gasteiger partial charge in [-0.3, -0.25) is 4.79 Å². The maximum absolute atomic E-state index is 12.5. The lowest BCUT2D eigenvalue weighted by Gasteiger charge is -2.15. The molecule has 1 N–H and O–H groups in total. The summed E-state index contributed by atoms with van der Waals surface area (Å²) < 4.78 is 27.4. The first-order valence-electron chi connectivity index (χ1n) is 5.53. The van der Waals surface area contributed by atoms with E-state index < -0.39 is 21.9 Å². The molecular weight excluding hydrogens is 340 g/mol. The van der Waals surface area contributed by atoms with Crippen LogP contribution < -0.4 is 0 Å². The number of hydrogen-bond acceptors (Lipinski definition) is 5. The molecule has 0 saturated carbocycles. The van der Waals surface area contributed by atoms with Gasteiger partial charge in [-0.25, -0.2) is 13.1 Å². The molecule has 1 saturated heterocycles. The monoisotopic (exact) mass is 352 g/mol. The lowest BCUT2D eigenvalue weighted by Crippen LogP contribution is -2.31. The van der Waals surface area contributed by atoms with E-state index in [2.05, 4.69) is 26.2 Å². The highest BCUT2D eigenvalue weighted by molar-refractivity contribution is 9.10. The zero-order valence-corrected chi connectivity index (χ0v) is 12.7. The van der Waals surface area contributed by atoms with Crippen LogP contribution in [0.2, 0.25) is 0 Å². The minimum atomic E-state index is -3.79. The van der Waals surface area contributed by atoms with E-state index in [1.54, 1.807) is 6.92 Å². The average molecular weight is 353 g/mol. The molecular formula is C9H13BrN4O4S. The molecule has 2 atom stereocenters. The van der Waals surface area contributed by atoms with E-state index in [9.17, 15) is 13.2 Å². The molecule has 0 spiro atoms. The van der Waals surface area contributed by atoms with Crippen molar-refractivity contribution in [2.24, 2.45) is 18.9 Å². The van der Waals surface area contributed by atoms with E-state index in [1.165, 1.54) is 11.4 Å². The topological polar surface area (TPSA) is 105 Å². The first kappa shape index (κ1) is 14.4. The SMILES string of the molecule is CC1CN(S(=O)(=O)c2c(Br)nnn2C)CC1C(=O)O. The number of aromatic nitrogens is 3. The summed E-state index contributed by atoms with van der Waals surface area (Å²) in [4.78, 5) is 11.0. The van der Waals surface area contributed by atoms with Gasteiger partial charge < -0.3 is 5.11 Å². The number of nitrogens with zero attached hydrogens (tertiary/aromatic N) is 4. The van der Waals surface area contributed by atoms with Crippen molar-refractivity contribution in [3.63, 3.8) is 0 Å². The predicted molar refractivity (Wildman–Crippen MR) is 67.8 cm³/mol. The molecule has 2 rings (SSSR count). The second kappa shape index (κ2) is 4.84. The first-order valence-corrected chi connectivity index (χ1v) is 7.76. The number of halogens is 1. The first-order chi connectivity index (χ1) is 8.75. The van der Waals surface area contributed by atoms with Crippen LogP contribution in [-0.2, 0) is 21.9 Å². The molecule has 0 aliphatic carbocycles. The smallest absolute Gasteiger partial charge is 0.308 e. The summed E-state index contributed by atoms with van der Waals surface area (Å²) in [5.74, 6) is -1.89. The minimum absolute atomic E-state index is 0.0313. The molecule has 2 unspecified atom stereocenters. The lowest BCUT2D eigenvalue weighted by molar-refractivity contribution is -0.142. The van der Waals surface area contributed by atoms with Crippen molar-refractivity contribution in [3.05, 3.63) is 4.60 Å². The number of hydrogen-bond donors (Lipinski definition) is 1. The zero-order valence-electron chi connectivity index (χ0n) is 10.3. The third-order valence-corrected chi connectivity index (χ3v) is 5.94. The van der Waals surface area contributed by atoms with Crippen LogP contribution in [-0.4, -0.2) is 51.9 Å². The molecule has 106 valence electrons. The van der Waals surface area contributed by atoms with Gasteiger partial charge in [0, 0.05) is 20.1 Å². The number of carboxylic acid groups (broad SMARTS) is 1. The second-order valence-electron chi connectivity index (χ2n) is 4.55. The molecule has 0 radical (unpaired) electrons. The standard InChI is InChI=1S/C9H13BrN4O4S/c1-5-3-14(4-6(5)9(15)16)19(17,18)8-7(10)11-12-13(8)2/h5-6H,3-4H2,1-2H3,(H,15,16). The summed E-state index contributed by atoms with van der Waals surface area (Å²) in [6, 6.07) is 0. The Morgan fingerprint density at radius 2 is 2.11 bits per heavy atom. The van der Waals surface area contributed by atoms with Crippen LogP contribution in [0.15, 0.2) is 9.63 Å². The van der Waals surface area contributed by atoms with Gasteiger partial charge in [-0.15, -0.1) is 5.10 Å². The molecule has 0 aromatic carbocycles. The maximum atomic E-state index is 12.5. The highest BCUT2D eigenvalue weighted by Gasteiger charge is 2.42. The van der Waals surface area contributed by atoms with Gasteiger partial charge >= 0.3 is 5.97 Å². The lowest BCUT2D eigenvalue weighted by atomic mass is 9.99. The average Bonchev–Trinajstić information content (AvgIpc) is 2.83. The zero-order chi connectivity index (χ0) is 14.4. The van der Waals surface area contributed by atoms with E-state index in [1.807, 2.05) is 0 Å². The molecule has 0 amide bonds. The van der Waals surface area contributed by atoms with Crippen LogP contribution in [0.3, 0.4) is 0 Å². The van der Waals surface area contributed by atoms with Crippen molar-refractivity contribution in [2.75, 3.05) is 13.1 Å². The fourth-order valence-electron chi connectivity index (χ4n) is 2.16. The number of aliphatic carboxylic acids is 1. The van der Waals surface area contributed by atoms with Crippen LogP contribution >= 0.6 is 15.9 Å². The van der Waals surface area contributed by atoms with Crippen LogP contribution in [0.25, 0.3) is 0 Å². The highest BCUT2D eigenvalue weighted by atomic mass is 79.9. The van der Waals surface area contributed by atoms with Crippen molar-refractivity contribution in [1.82, 2.24) is 19.3 Å². The van der Waals surface area contributed by atoms with E-state index in [0.717, 1.165) is 4.68 Å². The number of carboxylic acids is 1. The van der Waals surface area contributed by atoms with Gasteiger partial charge in [0.25, 0.3) is 10.0 Å². The van der Waals surface area contributed by atoms with Crippen molar-refractivity contribution >= 4 is 31.9 Å². The number of sulfonamides is 1.